The van der Waals surface area contributed by atoms with Crippen LogP contribution in [0.25, 0.3) is 0 Å². The number of hydrogen-bond donors (Lipinski definition) is 3. The molecule has 0 radical (unpaired) electrons. The molecule has 1 atom stereocenters. The molecule has 3 amide bonds. The molecular formula is C14H20ClN3O4. The molecule has 0 heterocycles. The van der Waals surface area contributed by atoms with Crippen LogP contribution in [0.5, 0.6) is 5.75 Å². The summed E-state index contributed by atoms with van der Waals surface area (Å²) < 4.78 is 10.5. The summed E-state index contributed by atoms with van der Waals surface area (Å²) in [6, 6.07) is 3.93. The minimum Gasteiger partial charge on any atom is -0.487 e. The highest BCUT2D eigenvalue weighted by atomic mass is 35.5. The summed E-state index contributed by atoms with van der Waals surface area (Å²) in [6.45, 7) is 2.36. The van der Waals surface area contributed by atoms with Crippen molar-refractivity contribution in [1.29, 1.82) is 0 Å². The standard InChI is InChI=1S/C14H20ClN3O4/c1-9(13(19)18-14(20)16-2)17-11-6-4-5-10(15)12(11)22-8-7-21-3/h4-6,9,17H,7-8H2,1-3H3,(H2,16,18,19,20). The molecule has 0 aliphatic heterocycles. The molecule has 8 heteroatoms. The molecule has 1 aromatic rings. The lowest BCUT2D eigenvalue weighted by atomic mass is 10.2. The van der Waals surface area contributed by atoms with Crippen LogP contribution in [0.4, 0.5) is 10.5 Å². The van der Waals surface area contributed by atoms with E-state index in [9.17, 15) is 9.59 Å². The molecule has 1 unspecified atom stereocenters. The number of hydrogen-bond acceptors (Lipinski definition) is 5. The lowest BCUT2D eigenvalue weighted by Gasteiger charge is -2.18. The van der Waals surface area contributed by atoms with Crippen molar-refractivity contribution in [2.45, 2.75) is 13.0 Å². The summed E-state index contributed by atoms with van der Waals surface area (Å²) in [5.74, 6) is -0.0389. The molecule has 0 aliphatic carbocycles. The molecule has 3 N–H and O–H groups in total. The van der Waals surface area contributed by atoms with Crippen LogP contribution in [0.2, 0.25) is 5.02 Å². The maximum Gasteiger partial charge on any atom is 0.321 e. The second kappa shape index (κ2) is 9.11. The van der Waals surface area contributed by atoms with Gasteiger partial charge in [0, 0.05) is 14.2 Å². The Labute approximate surface area is 134 Å². The Morgan fingerprint density at radius 1 is 1.32 bits per heavy atom. The zero-order chi connectivity index (χ0) is 16.5. The summed E-state index contributed by atoms with van der Waals surface area (Å²) >= 11 is 6.11. The van der Waals surface area contributed by atoms with Crippen molar-refractivity contribution in [3.05, 3.63) is 23.2 Å². The van der Waals surface area contributed by atoms with Crippen molar-refractivity contribution in [3.8, 4) is 5.75 Å². The Morgan fingerprint density at radius 3 is 2.68 bits per heavy atom. The lowest BCUT2D eigenvalue weighted by molar-refractivity contribution is -0.120. The minimum absolute atomic E-state index is 0.327. The topological polar surface area (TPSA) is 88.7 Å². The molecule has 122 valence electrons. The van der Waals surface area contributed by atoms with Gasteiger partial charge >= 0.3 is 6.03 Å². The third-order valence-electron chi connectivity index (χ3n) is 2.73. The number of ether oxygens (including phenoxy) is 2. The molecule has 1 aromatic carbocycles. The third kappa shape index (κ3) is 5.42. The SMILES string of the molecule is CNC(=O)NC(=O)C(C)Nc1cccc(Cl)c1OCCOC. The van der Waals surface area contributed by atoms with Gasteiger partial charge in [0.05, 0.1) is 17.3 Å². The summed E-state index contributed by atoms with van der Waals surface area (Å²) in [5, 5.41) is 7.88. The number of rotatable bonds is 7. The summed E-state index contributed by atoms with van der Waals surface area (Å²) in [7, 11) is 3.00. The Morgan fingerprint density at radius 2 is 2.05 bits per heavy atom. The first-order valence-corrected chi connectivity index (χ1v) is 7.06. The molecule has 0 aromatic heterocycles. The van der Waals surface area contributed by atoms with Gasteiger partial charge in [-0.2, -0.15) is 0 Å². The summed E-state index contributed by atoms with van der Waals surface area (Å²) in [6.07, 6.45) is 0. The van der Waals surface area contributed by atoms with Crippen LogP contribution in [0.3, 0.4) is 0 Å². The maximum atomic E-state index is 11.8. The van der Waals surface area contributed by atoms with Crippen LogP contribution in [0.15, 0.2) is 18.2 Å². The van der Waals surface area contributed by atoms with Gasteiger partial charge in [-0.15, -0.1) is 0 Å². The molecular weight excluding hydrogens is 310 g/mol. The Balaban J connectivity index is 2.77. The number of anilines is 1. The quantitative estimate of drug-likeness (QED) is 0.662. The van der Waals surface area contributed by atoms with E-state index in [0.29, 0.717) is 29.7 Å². The van der Waals surface area contributed by atoms with Crippen molar-refractivity contribution in [3.63, 3.8) is 0 Å². The Hall–Kier alpha value is -1.99. The van der Waals surface area contributed by atoms with E-state index < -0.39 is 18.0 Å². The van der Waals surface area contributed by atoms with E-state index >= 15 is 0 Å². The van der Waals surface area contributed by atoms with Crippen LogP contribution in [-0.2, 0) is 9.53 Å². The van der Waals surface area contributed by atoms with Gasteiger partial charge in [-0.3, -0.25) is 10.1 Å². The number of urea groups is 1. The number of imide groups is 1. The summed E-state index contributed by atoms with van der Waals surface area (Å²) in [4.78, 5) is 23.0. The fourth-order valence-electron chi connectivity index (χ4n) is 1.58. The zero-order valence-electron chi connectivity index (χ0n) is 12.7. The van der Waals surface area contributed by atoms with Crippen LogP contribution < -0.4 is 20.7 Å². The maximum absolute atomic E-state index is 11.8. The van der Waals surface area contributed by atoms with Gasteiger partial charge in [0.2, 0.25) is 5.91 Å². The van der Waals surface area contributed by atoms with Crippen LogP contribution in [0, 0.1) is 0 Å². The van der Waals surface area contributed by atoms with E-state index in [1.54, 1.807) is 32.2 Å². The third-order valence-corrected chi connectivity index (χ3v) is 3.03. The van der Waals surface area contributed by atoms with Gasteiger partial charge in [0.25, 0.3) is 0 Å². The monoisotopic (exact) mass is 329 g/mol. The smallest absolute Gasteiger partial charge is 0.321 e. The molecule has 7 nitrogen and oxygen atoms in total. The number of carbonyl (C=O) groups excluding carboxylic acids is 2. The number of nitrogens with one attached hydrogen (secondary N) is 3. The first-order chi connectivity index (χ1) is 10.5. The predicted molar refractivity (Wildman–Crippen MR) is 84.5 cm³/mol. The molecule has 22 heavy (non-hydrogen) atoms. The second-order valence-electron chi connectivity index (χ2n) is 4.39. The van der Waals surface area contributed by atoms with E-state index in [-0.39, 0.29) is 0 Å². The average Bonchev–Trinajstić information content (AvgIpc) is 2.49. The second-order valence-corrected chi connectivity index (χ2v) is 4.80. The number of benzene rings is 1. The molecule has 0 aliphatic rings. The Kier molecular flexibility index (Phi) is 7.48. The number of halogens is 1. The van der Waals surface area contributed by atoms with E-state index in [4.69, 9.17) is 21.1 Å². The molecule has 0 spiro atoms. The van der Waals surface area contributed by atoms with Crippen molar-refractivity contribution in [1.82, 2.24) is 10.6 Å². The van der Waals surface area contributed by atoms with Crippen molar-refractivity contribution in [2.24, 2.45) is 0 Å². The molecule has 0 saturated carbocycles. The van der Waals surface area contributed by atoms with Crippen molar-refractivity contribution >= 4 is 29.2 Å². The first kappa shape index (κ1) is 18.1. The van der Waals surface area contributed by atoms with E-state index in [1.165, 1.54) is 7.05 Å². The first-order valence-electron chi connectivity index (χ1n) is 6.69. The number of methoxy groups -OCH3 is 1. The van der Waals surface area contributed by atoms with Crippen LogP contribution in [0.1, 0.15) is 6.92 Å². The fourth-order valence-corrected chi connectivity index (χ4v) is 1.81. The van der Waals surface area contributed by atoms with E-state index in [0.717, 1.165) is 0 Å². The van der Waals surface area contributed by atoms with Crippen molar-refractivity contribution in [2.75, 3.05) is 32.7 Å². The van der Waals surface area contributed by atoms with E-state index in [2.05, 4.69) is 16.0 Å². The van der Waals surface area contributed by atoms with Gasteiger partial charge in [-0.25, -0.2) is 4.79 Å². The predicted octanol–water partition coefficient (Wildman–Crippen LogP) is 1.62. The zero-order valence-corrected chi connectivity index (χ0v) is 13.5. The largest absolute Gasteiger partial charge is 0.487 e. The van der Waals surface area contributed by atoms with E-state index in [1.807, 2.05) is 0 Å². The Bertz CT molecular complexity index is 525. The number of amides is 3. The van der Waals surface area contributed by atoms with Gasteiger partial charge in [-0.05, 0) is 19.1 Å². The van der Waals surface area contributed by atoms with Crippen LogP contribution in [-0.4, -0.2) is 45.4 Å². The average molecular weight is 330 g/mol. The summed E-state index contributed by atoms with van der Waals surface area (Å²) in [5.41, 5.74) is 0.558. The van der Waals surface area contributed by atoms with Gasteiger partial charge in [0.15, 0.2) is 5.75 Å². The highest BCUT2D eigenvalue weighted by molar-refractivity contribution is 6.32. The lowest BCUT2D eigenvalue weighted by Crippen LogP contribution is -2.44. The highest BCUT2D eigenvalue weighted by Gasteiger charge is 2.17. The van der Waals surface area contributed by atoms with Gasteiger partial charge < -0.3 is 20.1 Å². The minimum atomic E-state index is -0.652. The molecule has 0 fully saturated rings. The van der Waals surface area contributed by atoms with Gasteiger partial charge in [-0.1, -0.05) is 17.7 Å². The normalized spacial score (nSPS) is 11.5. The van der Waals surface area contributed by atoms with Crippen molar-refractivity contribution < 1.29 is 19.1 Å². The van der Waals surface area contributed by atoms with Gasteiger partial charge in [0.1, 0.15) is 12.6 Å². The molecule has 0 bridgehead atoms. The van der Waals surface area contributed by atoms with Crippen LogP contribution >= 0.6 is 11.6 Å². The molecule has 0 saturated heterocycles. The molecule has 1 rings (SSSR count). The highest BCUT2D eigenvalue weighted by Crippen LogP contribution is 2.33. The number of para-hydroxylation sites is 1. The fraction of sp³-hybridized carbons (Fsp3) is 0.429. The number of carbonyl (C=O) groups is 2.